The van der Waals surface area contributed by atoms with Crippen LogP contribution in [0.2, 0.25) is 0 Å². The molecule has 23 heavy (non-hydrogen) atoms. The topological polar surface area (TPSA) is 46.2 Å². The van der Waals surface area contributed by atoms with E-state index in [2.05, 4.69) is 5.32 Å². The van der Waals surface area contributed by atoms with E-state index in [4.69, 9.17) is 0 Å². The minimum absolute atomic E-state index is 0.00845. The zero-order valence-electron chi connectivity index (χ0n) is 13.6. The van der Waals surface area contributed by atoms with E-state index in [-0.39, 0.29) is 11.8 Å². The lowest BCUT2D eigenvalue weighted by Gasteiger charge is -2.11. The van der Waals surface area contributed by atoms with E-state index in [0.717, 1.165) is 23.2 Å². The van der Waals surface area contributed by atoms with Gasteiger partial charge in [0.2, 0.25) is 5.91 Å². The molecule has 0 aliphatic rings. The summed E-state index contributed by atoms with van der Waals surface area (Å²) < 4.78 is 12.3. The van der Waals surface area contributed by atoms with Gasteiger partial charge >= 0.3 is 0 Å². The van der Waals surface area contributed by atoms with Crippen molar-refractivity contribution in [3.05, 3.63) is 65.7 Å². The molecule has 122 valence electrons. The Balaban J connectivity index is 1.97. The molecule has 0 aliphatic heterocycles. The molecule has 2 atom stereocenters. The smallest absolute Gasteiger partial charge is 0.227 e. The molecule has 0 spiro atoms. The SMILES string of the molecule is CC[C@H](C)C(=O)Nc1cccc(C[S@](=O)Cc2ccccc2)c1. The maximum Gasteiger partial charge on any atom is 0.227 e. The summed E-state index contributed by atoms with van der Waals surface area (Å²) in [5, 5.41) is 2.92. The lowest BCUT2D eigenvalue weighted by molar-refractivity contribution is -0.119. The fraction of sp³-hybridized carbons (Fsp3) is 0.316. The second-order valence-corrected chi connectivity index (χ2v) is 7.17. The first-order chi connectivity index (χ1) is 11.1. The molecular weight excluding hydrogens is 306 g/mol. The Morgan fingerprint density at radius 3 is 2.39 bits per heavy atom. The van der Waals surface area contributed by atoms with Gasteiger partial charge < -0.3 is 5.32 Å². The van der Waals surface area contributed by atoms with Gasteiger partial charge in [0.25, 0.3) is 0 Å². The summed E-state index contributed by atoms with van der Waals surface area (Å²) in [4.78, 5) is 11.9. The highest BCUT2D eigenvalue weighted by Gasteiger charge is 2.11. The number of carbonyl (C=O) groups excluding carboxylic acids is 1. The van der Waals surface area contributed by atoms with Gasteiger partial charge in [-0.3, -0.25) is 9.00 Å². The number of anilines is 1. The van der Waals surface area contributed by atoms with Gasteiger partial charge in [-0.25, -0.2) is 0 Å². The van der Waals surface area contributed by atoms with E-state index in [0.29, 0.717) is 11.5 Å². The molecule has 0 radical (unpaired) electrons. The Kier molecular flexibility index (Phi) is 6.53. The van der Waals surface area contributed by atoms with Crippen LogP contribution in [0.1, 0.15) is 31.4 Å². The molecule has 2 rings (SSSR count). The van der Waals surface area contributed by atoms with Gasteiger partial charge in [0.15, 0.2) is 0 Å². The normalized spacial score (nSPS) is 13.3. The fourth-order valence-corrected chi connectivity index (χ4v) is 3.40. The van der Waals surface area contributed by atoms with Crippen molar-refractivity contribution in [2.24, 2.45) is 5.92 Å². The zero-order valence-corrected chi connectivity index (χ0v) is 14.4. The van der Waals surface area contributed by atoms with Gasteiger partial charge in [0, 0.05) is 33.9 Å². The summed E-state index contributed by atoms with van der Waals surface area (Å²) in [6.45, 7) is 3.90. The monoisotopic (exact) mass is 329 g/mol. The summed E-state index contributed by atoms with van der Waals surface area (Å²) >= 11 is 0. The second-order valence-electron chi connectivity index (χ2n) is 5.71. The van der Waals surface area contributed by atoms with Crippen LogP contribution in [0.4, 0.5) is 5.69 Å². The van der Waals surface area contributed by atoms with Crippen LogP contribution in [0, 0.1) is 5.92 Å². The highest BCUT2D eigenvalue weighted by molar-refractivity contribution is 7.83. The Morgan fingerprint density at radius 2 is 1.70 bits per heavy atom. The number of nitrogens with one attached hydrogen (secondary N) is 1. The standard InChI is InChI=1S/C19H23NO2S/c1-3-15(2)19(21)20-18-11-7-10-17(12-18)14-23(22)13-16-8-5-4-6-9-16/h4-12,15H,3,13-14H2,1-2H3,(H,20,21)/t15-,23+/m0/s1. The van der Waals surface area contributed by atoms with Crippen molar-refractivity contribution in [1.29, 1.82) is 0 Å². The van der Waals surface area contributed by atoms with Gasteiger partial charge in [0.1, 0.15) is 0 Å². The molecule has 0 aromatic heterocycles. The molecule has 0 saturated heterocycles. The third-order valence-electron chi connectivity index (χ3n) is 3.75. The van der Waals surface area contributed by atoms with Crippen LogP contribution < -0.4 is 5.32 Å². The van der Waals surface area contributed by atoms with Gasteiger partial charge in [-0.2, -0.15) is 0 Å². The number of benzene rings is 2. The quantitative estimate of drug-likeness (QED) is 0.830. The first-order valence-corrected chi connectivity index (χ1v) is 9.36. The lowest BCUT2D eigenvalue weighted by atomic mass is 10.1. The predicted octanol–water partition coefficient (Wildman–Crippen LogP) is 4.12. The zero-order chi connectivity index (χ0) is 16.7. The van der Waals surface area contributed by atoms with E-state index in [1.807, 2.05) is 68.4 Å². The minimum Gasteiger partial charge on any atom is -0.326 e. The molecule has 0 fully saturated rings. The number of hydrogen-bond acceptors (Lipinski definition) is 2. The number of hydrogen-bond donors (Lipinski definition) is 1. The number of amides is 1. The predicted molar refractivity (Wildman–Crippen MR) is 96.5 cm³/mol. The van der Waals surface area contributed by atoms with Crippen LogP contribution in [0.3, 0.4) is 0 Å². The molecule has 0 saturated carbocycles. The third kappa shape index (κ3) is 5.64. The van der Waals surface area contributed by atoms with Crippen LogP contribution in [0.15, 0.2) is 54.6 Å². The van der Waals surface area contributed by atoms with Gasteiger partial charge in [0.05, 0.1) is 0 Å². The Morgan fingerprint density at radius 1 is 1.04 bits per heavy atom. The molecule has 0 unspecified atom stereocenters. The first-order valence-electron chi connectivity index (χ1n) is 7.87. The Labute approximate surface area is 140 Å². The summed E-state index contributed by atoms with van der Waals surface area (Å²) in [5.74, 6) is 1.05. The van der Waals surface area contributed by atoms with E-state index in [9.17, 15) is 9.00 Å². The molecule has 2 aromatic carbocycles. The third-order valence-corrected chi connectivity index (χ3v) is 5.06. The summed E-state index contributed by atoms with van der Waals surface area (Å²) in [7, 11) is -0.966. The molecule has 0 bridgehead atoms. The summed E-state index contributed by atoms with van der Waals surface area (Å²) in [6, 6.07) is 17.4. The van der Waals surface area contributed by atoms with Gasteiger partial charge in [-0.15, -0.1) is 0 Å². The van der Waals surface area contributed by atoms with Crippen molar-refractivity contribution >= 4 is 22.4 Å². The summed E-state index contributed by atoms with van der Waals surface area (Å²) in [6.07, 6.45) is 0.812. The average molecular weight is 329 g/mol. The highest BCUT2D eigenvalue weighted by atomic mass is 32.2. The lowest BCUT2D eigenvalue weighted by Crippen LogP contribution is -2.19. The van der Waals surface area contributed by atoms with Crippen molar-refractivity contribution in [2.45, 2.75) is 31.8 Å². The van der Waals surface area contributed by atoms with Crippen molar-refractivity contribution in [1.82, 2.24) is 0 Å². The first kappa shape index (κ1) is 17.4. The molecule has 3 nitrogen and oxygen atoms in total. The van der Waals surface area contributed by atoms with Crippen LogP contribution in [-0.2, 0) is 27.1 Å². The molecule has 2 aromatic rings. The molecule has 1 N–H and O–H groups in total. The fourth-order valence-electron chi connectivity index (χ4n) is 2.19. The van der Waals surface area contributed by atoms with Crippen LogP contribution in [0.25, 0.3) is 0 Å². The average Bonchev–Trinajstić information content (AvgIpc) is 2.55. The Bertz CT molecular complexity index is 670. The van der Waals surface area contributed by atoms with Gasteiger partial charge in [-0.1, -0.05) is 56.3 Å². The number of carbonyl (C=O) groups is 1. The van der Waals surface area contributed by atoms with Crippen LogP contribution >= 0.6 is 0 Å². The van der Waals surface area contributed by atoms with Crippen molar-refractivity contribution < 1.29 is 9.00 Å². The largest absolute Gasteiger partial charge is 0.326 e. The van der Waals surface area contributed by atoms with E-state index < -0.39 is 10.8 Å². The maximum atomic E-state index is 12.3. The summed E-state index contributed by atoms with van der Waals surface area (Å²) in [5.41, 5.74) is 2.82. The Hall–Kier alpha value is -1.94. The second kappa shape index (κ2) is 8.63. The van der Waals surface area contributed by atoms with E-state index in [1.165, 1.54) is 0 Å². The molecule has 0 heterocycles. The van der Waals surface area contributed by atoms with Crippen LogP contribution in [0.5, 0.6) is 0 Å². The molecule has 4 heteroatoms. The minimum atomic E-state index is -0.966. The van der Waals surface area contributed by atoms with Gasteiger partial charge in [-0.05, 0) is 29.7 Å². The highest BCUT2D eigenvalue weighted by Crippen LogP contribution is 2.15. The molecule has 0 aliphatic carbocycles. The maximum absolute atomic E-state index is 12.3. The van der Waals surface area contributed by atoms with Crippen molar-refractivity contribution in [2.75, 3.05) is 5.32 Å². The molecular formula is C19H23NO2S. The van der Waals surface area contributed by atoms with E-state index in [1.54, 1.807) is 0 Å². The van der Waals surface area contributed by atoms with E-state index >= 15 is 0 Å². The molecule has 1 amide bonds. The number of rotatable bonds is 7. The van der Waals surface area contributed by atoms with Crippen molar-refractivity contribution in [3.8, 4) is 0 Å². The van der Waals surface area contributed by atoms with Crippen LogP contribution in [-0.4, -0.2) is 10.1 Å². The van der Waals surface area contributed by atoms with Crippen molar-refractivity contribution in [3.63, 3.8) is 0 Å².